The van der Waals surface area contributed by atoms with Gasteiger partial charge in [-0.3, -0.25) is 9.59 Å². The van der Waals surface area contributed by atoms with Crippen molar-refractivity contribution in [3.63, 3.8) is 0 Å². The summed E-state index contributed by atoms with van der Waals surface area (Å²) >= 11 is 0. The summed E-state index contributed by atoms with van der Waals surface area (Å²) < 4.78 is 5.49. The molecule has 4 aliphatic rings. The van der Waals surface area contributed by atoms with Crippen LogP contribution in [-0.2, 0) is 14.3 Å². The predicted octanol–water partition coefficient (Wildman–Crippen LogP) is 2.89. The number of hydrogen-bond acceptors (Lipinski definition) is 3. The number of ether oxygens (including phenoxy) is 1. The van der Waals surface area contributed by atoms with E-state index < -0.39 is 0 Å². The summed E-state index contributed by atoms with van der Waals surface area (Å²) in [5.41, 5.74) is 0.239. The fourth-order valence-electron chi connectivity index (χ4n) is 5.87. The van der Waals surface area contributed by atoms with E-state index in [9.17, 15) is 9.59 Å². The zero-order valence-electron chi connectivity index (χ0n) is 16.5. The Bertz CT molecular complexity index is 468. The fraction of sp³-hybridized carbons (Fsp3) is 0.905. The highest BCUT2D eigenvalue weighted by molar-refractivity contribution is 5.84. The number of carbonyl (C=O) groups excluding carboxylic acids is 2. The average molecular weight is 365 g/mol. The minimum Gasteiger partial charge on any atom is -0.381 e. The molecule has 0 spiro atoms. The van der Waals surface area contributed by atoms with E-state index in [1.807, 2.05) is 0 Å². The first-order valence-electron chi connectivity index (χ1n) is 10.6. The molecule has 0 aromatic heterocycles. The van der Waals surface area contributed by atoms with Crippen molar-refractivity contribution < 1.29 is 14.3 Å². The molecule has 0 aromatic rings. The molecule has 4 fully saturated rings. The van der Waals surface area contributed by atoms with Crippen molar-refractivity contribution in [3.8, 4) is 0 Å². The quantitative estimate of drug-likeness (QED) is 0.586. The molecule has 0 radical (unpaired) electrons. The zero-order valence-corrected chi connectivity index (χ0v) is 16.5. The maximum absolute atomic E-state index is 12.4. The predicted molar refractivity (Wildman–Crippen MR) is 102 cm³/mol. The van der Waals surface area contributed by atoms with E-state index in [1.54, 1.807) is 0 Å². The van der Waals surface area contributed by atoms with Crippen LogP contribution in [0.25, 0.3) is 0 Å². The second-order valence-electron chi connectivity index (χ2n) is 9.54. The molecule has 2 amide bonds. The Balaban J connectivity index is 1.29. The normalized spacial score (nSPS) is 32.0. The largest absolute Gasteiger partial charge is 0.381 e. The van der Waals surface area contributed by atoms with Gasteiger partial charge in [0.05, 0.1) is 6.54 Å². The molecule has 148 valence electrons. The van der Waals surface area contributed by atoms with Crippen molar-refractivity contribution in [2.75, 3.05) is 26.3 Å². The molecule has 4 rings (SSSR count). The first-order valence-corrected chi connectivity index (χ1v) is 10.6. The first kappa shape index (κ1) is 19.7. The van der Waals surface area contributed by atoms with Gasteiger partial charge in [-0.1, -0.05) is 13.8 Å². The minimum atomic E-state index is -0.104. The zero-order chi connectivity index (χ0) is 18.6. The summed E-state index contributed by atoms with van der Waals surface area (Å²) in [7, 11) is 0. The van der Waals surface area contributed by atoms with Crippen LogP contribution < -0.4 is 10.6 Å². The van der Waals surface area contributed by atoms with Gasteiger partial charge in [-0.25, -0.2) is 0 Å². The monoisotopic (exact) mass is 364 g/mol. The van der Waals surface area contributed by atoms with Gasteiger partial charge in [0.25, 0.3) is 0 Å². The van der Waals surface area contributed by atoms with Crippen LogP contribution in [0.2, 0.25) is 0 Å². The summed E-state index contributed by atoms with van der Waals surface area (Å²) in [6.07, 6.45) is 9.30. The Labute approximate surface area is 158 Å². The summed E-state index contributed by atoms with van der Waals surface area (Å²) in [5, 5.41) is 5.69. The third kappa shape index (κ3) is 5.45. The van der Waals surface area contributed by atoms with Crippen LogP contribution >= 0.6 is 0 Å². The molecule has 0 aromatic carbocycles. The second-order valence-corrected chi connectivity index (χ2v) is 9.54. The Morgan fingerprint density at radius 1 is 1.00 bits per heavy atom. The van der Waals surface area contributed by atoms with Gasteiger partial charge in [0.1, 0.15) is 0 Å². The summed E-state index contributed by atoms with van der Waals surface area (Å²) in [5.74, 6) is 3.06. The van der Waals surface area contributed by atoms with Crippen LogP contribution in [0.3, 0.4) is 0 Å². The molecule has 4 saturated carbocycles. The molecule has 5 nitrogen and oxygen atoms in total. The summed E-state index contributed by atoms with van der Waals surface area (Å²) in [6, 6.07) is 0. The summed E-state index contributed by atoms with van der Waals surface area (Å²) in [6.45, 7) is 6.35. The van der Waals surface area contributed by atoms with Crippen molar-refractivity contribution in [1.82, 2.24) is 10.6 Å². The van der Waals surface area contributed by atoms with Gasteiger partial charge >= 0.3 is 0 Å². The molecule has 4 bridgehead atoms. The molecule has 0 saturated heterocycles. The smallest absolute Gasteiger partial charge is 0.239 e. The van der Waals surface area contributed by atoms with Crippen LogP contribution in [0.15, 0.2) is 0 Å². The highest BCUT2D eigenvalue weighted by Crippen LogP contribution is 2.61. The van der Waals surface area contributed by atoms with Gasteiger partial charge in [0.2, 0.25) is 11.8 Å². The van der Waals surface area contributed by atoms with Gasteiger partial charge < -0.3 is 15.4 Å². The molecule has 0 atom stereocenters. The van der Waals surface area contributed by atoms with Crippen molar-refractivity contribution >= 4 is 11.8 Å². The molecule has 0 unspecified atom stereocenters. The van der Waals surface area contributed by atoms with Crippen LogP contribution in [0.4, 0.5) is 0 Å². The van der Waals surface area contributed by atoms with Gasteiger partial charge in [0.15, 0.2) is 0 Å². The van der Waals surface area contributed by atoms with Gasteiger partial charge in [0, 0.05) is 26.2 Å². The maximum atomic E-state index is 12.4. The third-order valence-corrected chi connectivity index (χ3v) is 6.39. The lowest BCUT2D eigenvalue weighted by Gasteiger charge is -2.56. The highest BCUT2D eigenvalue weighted by atomic mass is 16.5. The SMILES string of the molecule is CC(C)COCCCNC(=O)CNC(=O)CC12CC3CC(CC(C3)C1)C2. The Morgan fingerprint density at radius 3 is 2.19 bits per heavy atom. The lowest BCUT2D eigenvalue weighted by Crippen LogP contribution is -2.48. The number of carbonyl (C=O) groups is 2. The standard InChI is InChI=1S/C21H36N2O3/c1-15(2)14-26-5-3-4-22-20(25)13-23-19(24)12-21-9-16-6-17(10-21)8-18(7-16)11-21/h15-18H,3-14H2,1-2H3,(H,22,25)(H,23,24). The molecular weight excluding hydrogens is 328 g/mol. The third-order valence-electron chi connectivity index (χ3n) is 6.39. The highest BCUT2D eigenvalue weighted by Gasteiger charge is 2.51. The molecular formula is C21H36N2O3. The second kappa shape index (κ2) is 8.73. The van der Waals surface area contributed by atoms with Crippen LogP contribution in [0.5, 0.6) is 0 Å². The first-order chi connectivity index (χ1) is 12.4. The van der Waals surface area contributed by atoms with E-state index in [2.05, 4.69) is 24.5 Å². The lowest BCUT2D eigenvalue weighted by molar-refractivity contribution is -0.131. The lowest BCUT2D eigenvalue weighted by atomic mass is 9.49. The van der Waals surface area contributed by atoms with Crippen molar-refractivity contribution in [3.05, 3.63) is 0 Å². The van der Waals surface area contributed by atoms with Gasteiger partial charge in [-0.15, -0.1) is 0 Å². The number of rotatable bonds is 10. The van der Waals surface area contributed by atoms with Crippen molar-refractivity contribution in [1.29, 1.82) is 0 Å². The van der Waals surface area contributed by atoms with E-state index in [1.165, 1.54) is 38.5 Å². The number of hydrogen-bond donors (Lipinski definition) is 2. The molecule has 0 heterocycles. The number of amides is 2. The molecule has 26 heavy (non-hydrogen) atoms. The fourth-order valence-corrected chi connectivity index (χ4v) is 5.87. The van der Waals surface area contributed by atoms with Gasteiger partial charge in [-0.2, -0.15) is 0 Å². The van der Waals surface area contributed by atoms with Gasteiger partial charge in [-0.05, 0) is 74.0 Å². The summed E-state index contributed by atoms with van der Waals surface area (Å²) in [4.78, 5) is 24.3. The van der Waals surface area contributed by atoms with Crippen LogP contribution in [0, 0.1) is 29.1 Å². The van der Waals surface area contributed by atoms with E-state index in [0.29, 0.717) is 25.5 Å². The molecule has 4 aliphatic carbocycles. The van der Waals surface area contributed by atoms with Crippen molar-refractivity contribution in [2.24, 2.45) is 29.1 Å². The van der Waals surface area contributed by atoms with E-state index in [4.69, 9.17) is 4.74 Å². The van der Waals surface area contributed by atoms with E-state index in [0.717, 1.165) is 30.8 Å². The minimum absolute atomic E-state index is 0.0577. The topological polar surface area (TPSA) is 67.4 Å². The maximum Gasteiger partial charge on any atom is 0.239 e. The Hall–Kier alpha value is -1.10. The van der Waals surface area contributed by atoms with Crippen LogP contribution in [-0.4, -0.2) is 38.1 Å². The Morgan fingerprint density at radius 2 is 1.62 bits per heavy atom. The van der Waals surface area contributed by atoms with E-state index in [-0.39, 0.29) is 23.8 Å². The van der Waals surface area contributed by atoms with Crippen molar-refractivity contribution in [2.45, 2.75) is 65.2 Å². The molecule has 2 N–H and O–H groups in total. The Kier molecular flexibility index (Phi) is 6.60. The van der Waals surface area contributed by atoms with Crippen LogP contribution in [0.1, 0.15) is 65.2 Å². The molecule has 0 aliphatic heterocycles. The number of nitrogens with one attached hydrogen (secondary N) is 2. The molecule has 5 heteroatoms. The van der Waals surface area contributed by atoms with E-state index >= 15 is 0 Å². The average Bonchev–Trinajstić information content (AvgIpc) is 2.54.